The van der Waals surface area contributed by atoms with Crippen molar-refractivity contribution in [1.82, 2.24) is 0 Å². The van der Waals surface area contributed by atoms with Crippen LogP contribution in [0, 0.1) is 13.8 Å². The average molecular weight is 374 g/mol. The number of fused-ring (bicyclic) bond motifs is 1. The molecule has 0 unspecified atom stereocenters. The predicted molar refractivity (Wildman–Crippen MR) is 104 cm³/mol. The van der Waals surface area contributed by atoms with Crippen molar-refractivity contribution in [2.45, 2.75) is 73.0 Å². The van der Waals surface area contributed by atoms with E-state index in [4.69, 9.17) is 14.2 Å². The Morgan fingerprint density at radius 1 is 1.19 bits per heavy atom. The first-order valence-corrected chi connectivity index (χ1v) is 9.28. The smallest absolute Gasteiger partial charge is 0.339 e. The van der Waals surface area contributed by atoms with E-state index in [-0.39, 0.29) is 11.9 Å². The Labute approximate surface area is 161 Å². The van der Waals surface area contributed by atoms with Gasteiger partial charge in [0.2, 0.25) is 0 Å². The van der Waals surface area contributed by atoms with Crippen molar-refractivity contribution in [3.8, 4) is 5.75 Å². The summed E-state index contributed by atoms with van der Waals surface area (Å²) in [6, 6.07) is 0. The van der Waals surface area contributed by atoms with Gasteiger partial charge >= 0.3 is 11.9 Å². The maximum Gasteiger partial charge on any atom is 0.339 e. The molecule has 0 aromatic heterocycles. The van der Waals surface area contributed by atoms with E-state index in [0.717, 1.165) is 33.6 Å². The van der Waals surface area contributed by atoms with E-state index in [2.05, 4.69) is 6.08 Å². The van der Waals surface area contributed by atoms with Crippen LogP contribution in [0.5, 0.6) is 5.75 Å². The average Bonchev–Trinajstić information content (AvgIpc) is 2.95. The molecule has 0 atom stereocenters. The molecule has 0 N–H and O–H groups in total. The van der Waals surface area contributed by atoms with E-state index >= 15 is 0 Å². The molecule has 1 aromatic carbocycles. The molecule has 2 rings (SSSR count). The fourth-order valence-electron chi connectivity index (χ4n) is 3.36. The lowest BCUT2D eigenvalue weighted by Gasteiger charge is -2.19. The van der Waals surface area contributed by atoms with Crippen LogP contribution in [0.2, 0.25) is 0 Å². The van der Waals surface area contributed by atoms with E-state index in [1.807, 2.05) is 41.5 Å². The second-order valence-corrected chi connectivity index (χ2v) is 8.03. The molecule has 0 spiro atoms. The Morgan fingerprint density at radius 2 is 1.85 bits per heavy atom. The third-order valence-corrected chi connectivity index (χ3v) is 4.75. The zero-order chi connectivity index (χ0) is 20.4. The fourth-order valence-corrected chi connectivity index (χ4v) is 3.36. The summed E-state index contributed by atoms with van der Waals surface area (Å²) in [4.78, 5) is 24.0. The topological polar surface area (TPSA) is 61.8 Å². The summed E-state index contributed by atoms with van der Waals surface area (Å²) in [7, 11) is 1.65. The third kappa shape index (κ3) is 4.90. The van der Waals surface area contributed by atoms with E-state index in [1.165, 1.54) is 0 Å². The summed E-state index contributed by atoms with van der Waals surface area (Å²) < 4.78 is 16.2. The highest BCUT2D eigenvalue weighted by molar-refractivity contribution is 5.96. The molecule has 5 heteroatoms. The maximum absolute atomic E-state index is 12.1. The van der Waals surface area contributed by atoms with Gasteiger partial charge in [0.05, 0.1) is 12.7 Å². The zero-order valence-electron chi connectivity index (χ0n) is 17.4. The standard InChI is InChI=1S/C22H30O5/c1-13(9-11-18(23)27-22(4,5)6)8-10-16-14(2)19-17(12-26-21(19)24)15(3)20(16)25-7/h8H,9-12H2,1-7H3/b13-8+. The highest BCUT2D eigenvalue weighted by atomic mass is 16.6. The van der Waals surface area contributed by atoms with Crippen LogP contribution in [0.3, 0.4) is 0 Å². The van der Waals surface area contributed by atoms with E-state index in [9.17, 15) is 9.59 Å². The number of benzene rings is 1. The van der Waals surface area contributed by atoms with Gasteiger partial charge in [-0.25, -0.2) is 4.79 Å². The van der Waals surface area contributed by atoms with E-state index in [1.54, 1.807) is 7.11 Å². The zero-order valence-corrected chi connectivity index (χ0v) is 17.4. The largest absolute Gasteiger partial charge is 0.496 e. The van der Waals surface area contributed by atoms with Crippen molar-refractivity contribution in [2.24, 2.45) is 0 Å². The van der Waals surface area contributed by atoms with Crippen LogP contribution in [0.4, 0.5) is 0 Å². The minimum atomic E-state index is -0.463. The van der Waals surface area contributed by atoms with Crippen molar-refractivity contribution < 1.29 is 23.8 Å². The molecule has 1 aliphatic heterocycles. The Balaban J connectivity index is 2.16. The van der Waals surface area contributed by atoms with Crippen molar-refractivity contribution in [3.05, 3.63) is 39.5 Å². The number of carbonyl (C=O) groups excluding carboxylic acids is 2. The third-order valence-electron chi connectivity index (χ3n) is 4.75. The lowest BCUT2D eigenvalue weighted by atomic mass is 9.91. The van der Waals surface area contributed by atoms with Gasteiger partial charge in [0.1, 0.15) is 18.0 Å². The molecular formula is C22H30O5. The molecule has 1 heterocycles. The number of hydrogen-bond donors (Lipinski definition) is 0. The van der Waals surface area contributed by atoms with Crippen molar-refractivity contribution >= 4 is 11.9 Å². The molecule has 0 fully saturated rings. The number of hydrogen-bond acceptors (Lipinski definition) is 5. The number of carbonyl (C=O) groups is 2. The van der Waals surface area contributed by atoms with E-state index in [0.29, 0.717) is 31.4 Å². The van der Waals surface area contributed by atoms with Gasteiger partial charge in [-0.05, 0) is 65.5 Å². The SMILES string of the molecule is COc1c(C)c2c(c(C)c1C/C=C(\C)CCC(=O)OC(C)(C)C)C(=O)OC2. The minimum absolute atomic E-state index is 0.194. The number of rotatable bonds is 6. The van der Waals surface area contributed by atoms with Crippen molar-refractivity contribution in [3.63, 3.8) is 0 Å². The van der Waals surface area contributed by atoms with Gasteiger partial charge in [-0.2, -0.15) is 0 Å². The Kier molecular flexibility index (Phi) is 6.34. The van der Waals surface area contributed by atoms with Crippen LogP contribution in [0.15, 0.2) is 11.6 Å². The van der Waals surface area contributed by atoms with Crippen molar-refractivity contribution in [1.29, 1.82) is 0 Å². The molecule has 148 valence electrons. The second kappa shape index (κ2) is 8.15. The van der Waals surface area contributed by atoms with Gasteiger partial charge in [-0.3, -0.25) is 4.79 Å². The molecule has 0 saturated carbocycles. The normalized spacial score (nSPS) is 14.0. The molecule has 0 saturated heterocycles. The summed E-state index contributed by atoms with van der Waals surface area (Å²) in [5.74, 6) is 0.348. The van der Waals surface area contributed by atoms with Crippen molar-refractivity contribution in [2.75, 3.05) is 7.11 Å². The highest BCUT2D eigenvalue weighted by Gasteiger charge is 2.29. The first-order valence-electron chi connectivity index (χ1n) is 9.28. The highest BCUT2D eigenvalue weighted by Crippen LogP contribution is 2.37. The number of methoxy groups -OCH3 is 1. The van der Waals surface area contributed by atoms with Crippen LogP contribution < -0.4 is 4.74 Å². The van der Waals surface area contributed by atoms with Gasteiger partial charge in [0, 0.05) is 17.5 Å². The summed E-state index contributed by atoms with van der Waals surface area (Å²) in [5, 5.41) is 0. The van der Waals surface area contributed by atoms with Crippen LogP contribution >= 0.6 is 0 Å². The number of ether oxygens (including phenoxy) is 3. The quantitative estimate of drug-likeness (QED) is 0.538. The first kappa shape index (κ1) is 21.0. The summed E-state index contributed by atoms with van der Waals surface area (Å²) >= 11 is 0. The second-order valence-electron chi connectivity index (χ2n) is 8.03. The molecule has 0 bridgehead atoms. The number of cyclic esters (lactones) is 1. The Bertz CT molecular complexity index is 781. The van der Waals surface area contributed by atoms with Gasteiger partial charge in [0.15, 0.2) is 0 Å². The molecule has 0 amide bonds. The van der Waals surface area contributed by atoms with Gasteiger partial charge in [0.25, 0.3) is 0 Å². The van der Waals surface area contributed by atoms with Crippen LogP contribution in [-0.2, 0) is 27.3 Å². The molecular weight excluding hydrogens is 344 g/mol. The summed E-state index contributed by atoms with van der Waals surface area (Å²) in [6.45, 7) is 11.8. The Morgan fingerprint density at radius 3 is 2.44 bits per heavy atom. The molecule has 0 radical (unpaired) electrons. The maximum atomic E-state index is 12.1. The van der Waals surface area contributed by atoms with Crippen LogP contribution in [0.25, 0.3) is 0 Å². The predicted octanol–water partition coefficient (Wildman–Crippen LogP) is 4.59. The van der Waals surface area contributed by atoms with Crippen LogP contribution in [-0.4, -0.2) is 24.6 Å². The van der Waals surface area contributed by atoms with Gasteiger partial charge in [-0.1, -0.05) is 11.6 Å². The van der Waals surface area contributed by atoms with Gasteiger partial charge < -0.3 is 14.2 Å². The van der Waals surface area contributed by atoms with Gasteiger partial charge in [-0.15, -0.1) is 0 Å². The first-order chi connectivity index (χ1) is 12.5. The summed E-state index contributed by atoms with van der Waals surface area (Å²) in [6.07, 6.45) is 3.71. The van der Waals surface area contributed by atoms with Crippen LogP contribution in [0.1, 0.15) is 73.1 Å². The summed E-state index contributed by atoms with van der Waals surface area (Å²) in [5.41, 5.74) is 5.08. The molecule has 0 aliphatic carbocycles. The lowest BCUT2D eigenvalue weighted by molar-refractivity contribution is -0.154. The number of allylic oxidation sites excluding steroid dienone is 2. The molecule has 5 nitrogen and oxygen atoms in total. The monoisotopic (exact) mass is 374 g/mol. The lowest BCUT2D eigenvalue weighted by Crippen LogP contribution is -2.23. The minimum Gasteiger partial charge on any atom is -0.496 e. The number of esters is 2. The molecule has 27 heavy (non-hydrogen) atoms. The molecule has 1 aliphatic rings. The van der Waals surface area contributed by atoms with E-state index < -0.39 is 5.60 Å². The fraction of sp³-hybridized carbons (Fsp3) is 0.545. The Hall–Kier alpha value is -2.30. The molecule has 1 aromatic rings.